The molecule has 0 N–H and O–H groups in total. The maximum atomic E-state index is 2.06. The first kappa shape index (κ1) is 4.11. The van der Waals surface area contributed by atoms with Crippen molar-refractivity contribution in [3.8, 4) is 0 Å². The molecule has 0 aliphatic carbocycles. The zero-order valence-electron chi connectivity index (χ0n) is 3.13. The Morgan fingerprint density at radius 2 is 1.67 bits per heavy atom. The fraction of sp³-hybridized carbons (Fsp3) is 0. The number of nitrogens with zero attached hydrogens (tertiary/aromatic N) is 1. The molecule has 2 heteroatoms. The van der Waals surface area contributed by atoms with Crippen LogP contribution in [-0.4, -0.2) is 3.20 Å². The van der Waals surface area contributed by atoms with E-state index in [9.17, 15) is 0 Å². The molecule has 0 aliphatic rings. The summed E-state index contributed by atoms with van der Waals surface area (Å²) in [5.41, 5.74) is 0. The summed E-state index contributed by atoms with van der Waals surface area (Å²) in [6.45, 7) is 0. The summed E-state index contributed by atoms with van der Waals surface area (Å²) < 4.78 is 2.06. The van der Waals surface area contributed by atoms with E-state index in [1.165, 1.54) is 0 Å². The Morgan fingerprint density at radius 3 is 1.83 bits per heavy atom. The molecule has 0 aromatic carbocycles. The molecule has 1 nitrogen and oxygen atoms in total. The van der Waals surface area contributed by atoms with Gasteiger partial charge < -0.3 is 0 Å². The van der Waals surface area contributed by atoms with E-state index in [4.69, 9.17) is 0 Å². The van der Waals surface area contributed by atoms with Crippen molar-refractivity contribution in [1.29, 1.82) is 0 Å². The average molecular weight is 252 g/mol. The fourth-order valence-electron chi connectivity index (χ4n) is 0.314. The molecule has 0 saturated carbocycles. The number of hydrogen-bond donors (Lipinski definition) is 0. The molecule has 6 heavy (non-hydrogen) atoms. The number of aromatic nitrogens is 1. The predicted octanol–water partition coefficient (Wildman–Crippen LogP) is 0.798. The molecule has 1 rings (SSSR count). The summed E-state index contributed by atoms with van der Waals surface area (Å²) in [7, 11) is 0. The number of rotatable bonds is 0. The van der Waals surface area contributed by atoms with Crippen LogP contribution in [0.15, 0.2) is 24.5 Å². The molecule has 0 radical (unpaired) electrons. The summed E-state index contributed by atoms with van der Waals surface area (Å²) in [5.74, 6) is 0. The van der Waals surface area contributed by atoms with E-state index in [0.29, 0.717) is 0 Å². The molecule has 0 fully saturated rings. The number of hydrogen-bond acceptors (Lipinski definition) is 0. The summed E-state index contributed by atoms with van der Waals surface area (Å²) >= 11 is 1.65. The van der Waals surface area contributed by atoms with Crippen molar-refractivity contribution in [2.45, 2.75) is 0 Å². The third-order valence-electron chi connectivity index (χ3n) is 0.568. The van der Waals surface area contributed by atoms with E-state index >= 15 is 0 Å². The van der Waals surface area contributed by atoms with Gasteiger partial charge in [-0.2, -0.15) is 0 Å². The van der Waals surface area contributed by atoms with E-state index < -0.39 is 0 Å². The van der Waals surface area contributed by atoms with Gasteiger partial charge >= 0.3 is 47.2 Å². The van der Waals surface area contributed by atoms with Crippen LogP contribution in [0.5, 0.6) is 0 Å². The van der Waals surface area contributed by atoms with Crippen LogP contribution in [0.3, 0.4) is 0 Å². The normalized spacial score (nSPS) is 8.83. The Hall–Kier alpha value is -0.0577. The van der Waals surface area contributed by atoms with Crippen molar-refractivity contribution in [3.63, 3.8) is 0 Å². The van der Waals surface area contributed by atoms with Crippen LogP contribution < -0.4 is 0 Å². The Bertz CT molecular complexity index is 111. The average Bonchev–Trinajstić information content (AvgIpc) is 1.86. The predicted molar refractivity (Wildman–Crippen MR) is 19.8 cm³/mol. The van der Waals surface area contributed by atoms with Crippen LogP contribution in [0.4, 0.5) is 0 Å². The van der Waals surface area contributed by atoms with Crippen molar-refractivity contribution in [1.82, 2.24) is 3.20 Å². The van der Waals surface area contributed by atoms with Gasteiger partial charge in [0.05, 0.1) is 0 Å². The van der Waals surface area contributed by atoms with Gasteiger partial charge in [-0.15, -0.1) is 0 Å². The van der Waals surface area contributed by atoms with Crippen LogP contribution >= 0.6 is 0 Å². The molecular formula is C4H4NRe. The first-order valence-corrected chi connectivity index (χ1v) is 2.90. The van der Waals surface area contributed by atoms with Crippen LogP contribution in [-0.2, 0) is 19.4 Å². The van der Waals surface area contributed by atoms with Gasteiger partial charge in [-0.25, -0.2) is 0 Å². The second-order valence-corrected chi connectivity index (χ2v) is 2.43. The molecule has 0 atom stereocenters. The van der Waals surface area contributed by atoms with E-state index in [1.54, 1.807) is 19.4 Å². The Morgan fingerprint density at radius 1 is 1.17 bits per heavy atom. The van der Waals surface area contributed by atoms with Gasteiger partial charge in [0.25, 0.3) is 0 Å². The molecule has 1 aromatic heterocycles. The minimum atomic E-state index is 1.65. The van der Waals surface area contributed by atoms with Gasteiger partial charge in [0.15, 0.2) is 0 Å². The summed E-state index contributed by atoms with van der Waals surface area (Å²) in [4.78, 5) is 0. The Balaban J connectivity index is 3.05. The fourth-order valence-corrected chi connectivity index (χ4v) is 0.781. The van der Waals surface area contributed by atoms with Gasteiger partial charge in [-0.1, -0.05) is 0 Å². The topological polar surface area (TPSA) is 4.93 Å². The molecule has 0 saturated heterocycles. The van der Waals surface area contributed by atoms with Gasteiger partial charge in [0, 0.05) is 0 Å². The third kappa shape index (κ3) is 0.708. The molecule has 1 heterocycles. The van der Waals surface area contributed by atoms with Gasteiger partial charge in [-0.3, -0.25) is 0 Å². The molecule has 1 aromatic rings. The van der Waals surface area contributed by atoms with Crippen molar-refractivity contribution >= 4 is 0 Å². The van der Waals surface area contributed by atoms with Crippen LogP contribution in [0, 0.1) is 0 Å². The minimum absolute atomic E-state index is 1.65. The van der Waals surface area contributed by atoms with Crippen molar-refractivity contribution in [2.75, 3.05) is 0 Å². The van der Waals surface area contributed by atoms with Gasteiger partial charge in [0.2, 0.25) is 0 Å². The summed E-state index contributed by atoms with van der Waals surface area (Å²) in [5, 5.41) is 0. The van der Waals surface area contributed by atoms with Crippen molar-refractivity contribution in [2.24, 2.45) is 0 Å². The molecule has 32 valence electrons. The molecule has 0 unspecified atom stereocenters. The Labute approximate surface area is 47.7 Å². The third-order valence-corrected chi connectivity index (χ3v) is 1.38. The summed E-state index contributed by atoms with van der Waals surface area (Å²) in [6, 6.07) is 4.03. The van der Waals surface area contributed by atoms with Crippen LogP contribution in [0.2, 0.25) is 0 Å². The summed E-state index contributed by atoms with van der Waals surface area (Å²) in [6.07, 6.45) is 4.05. The molecule has 0 amide bonds. The van der Waals surface area contributed by atoms with Gasteiger partial charge in [0.1, 0.15) is 0 Å². The quantitative estimate of drug-likeness (QED) is 0.643. The first-order valence-electron chi connectivity index (χ1n) is 1.69. The monoisotopic (exact) mass is 253 g/mol. The Kier molecular flexibility index (Phi) is 1.09. The zero-order valence-corrected chi connectivity index (χ0v) is 5.85. The van der Waals surface area contributed by atoms with Crippen LogP contribution in [0.1, 0.15) is 0 Å². The van der Waals surface area contributed by atoms with E-state index in [2.05, 4.69) is 3.20 Å². The molecule has 0 aliphatic heterocycles. The maximum absolute atomic E-state index is 2.06. The van der Waals surface area contributed by atoms with E-state index in [-0.39, 0.29) is 0 Å². The van der Waals surface area contributed by atoms with Crippen molar-refractivity contribution < 1.29 is 19.4 Å². The first-order chi connectivity index (χ1) is 2.89. The SMILES string of the molecule is [Re][n]1cccc1. The standard InChI is InChI=1S/C4H4N.Re/c1-2-4-5-3-1;/h1-4H;/q-1;+1. The van der Waals surface area contributed by atoms with E-state index in [1.807, 2.05) is 24.5 Å². The zero-order chi connectivity index (χ0) is 4.41. The second-order valence-electron chi connectivity index (χ2n) is 1.03. The molecular weight excluding hydrogens is 248 g/mol. The van der Waals surface area contributed by atoms with Crippen LogP contribution in [0.25, 0.3) is 0 Å². The second kappa shape index (κ2) is 1.59. The van der Waals surface area contributed by atoms with Gasteiger partial charge in [-0.05, 0) is 0 Å². The molecule has 0 spiro atoms. The van der Waals surface area contributed by atoms with E-state index in [0.717, 1.165) is 0 Å². The molecule has 0 bridgehead atoms. The van der Waals surface area contributed by atoms with Crippen molar-refractivity contribution in [3.05, 3.63) is 24.5 Å².